The molecule has 112 valence electrons. The molecular formula is C16H17F2NO2. The van der Waals surface area contributed by atoms with Crippen LogP contribution < -0.4 is 10.5 Å². The van der Waals surface area contributed by atoms with Crippen molar-refractivity contribution in [1.29, 1.82) is 0 Å². The van der Waals surface area contributed by atoms with Gasteiger partial charge in [0.05, 0.1) is 6.61 Å². The van der Waals surface area contributed by atoms with E-state index in [4.69, 9.17) is 15.6 Å². The van der Waals surface area contributed by atoms with Gasteiger partial charge in [-0.05, 0) is 41.8 Å². The first-order valence-electron chi connectivity index (χ1n) is 6.60. The average Bonchev–Trinajstić information content (AvgIpc) is 2.50. The number of aliphatic hydroxyl groups is 1. The van der Waals surface area contributed by atoms with Crippen LogP contribution in [0.2, 0.25) is 0 Å². The molecule has 0 saturated carbocycles. The van der Waals surface area contributed by atoms with Gasteiger partial charge in [-0.15, -0.1) is 0 Å². The van der Waals surface area contributed by atoms with Gasteiger partial charge < -0.3 is 15.6 Å². The Labute approximate surface area is 122 Å². The predicted octanol–water partition coefficient (Wildman–Crippen LogP) is 2.41. The third-order valence-corrected chi connectivity index (χ3v) is 3.05. The first-order chi connectivity index (χ1) is 10.1. The second-order valence-electron chi connectivity index (χ2n) is 4.83. The number of halogens is 2. The summed E-state index contributed by atoms with van der Waals surface area (Å²) in [6.45, 7) is 0.0983. The summed E-state index contributed by atoms with van der Waals surface area (Å²) in [6, 6.07) is 10.7. The number of hydrogen-bond acceptors (Lipinski definition) is 3. The van der Waals surface area contributed by atoms with Gasteiger partial charge in [-0.2, -0.15) is 0 Å². The van der Waals surface area contributed by atoms with Gasteiger partial charge in [-0.25, -0.2) is 8.78 Å². The van der Waals surface area contributed by atoms with E-state index in [0.29, 0.717) is 17.7 Å². The minimum Gasteiger partial charge on any atom is -0.489 e. The molecule has 0 aromatic heterocycles. The van der Waals surface area contributed by atoms with Crippen LogP contribution in [-0.4, -0.2) is 17.8 Å². The highest BCUT2D eigenvalue weighted by molar-refractivity contribution is 5.28. The summed E-state index contributed by atoms with van der Waals surface area (Å²) < 4.78 is 31.3. The molecule has 0 spiro atoms. The Kier molecular flexibility index (Phi) is 5.25. The fourth-order valence-electron chi connectivity index (χ4n) is 1.89. The van der Waals surface area contributed by atoms with Crippen molar-refractivity contribution in [3.05, 3.63) is 65.2 Å². The molecule has 0 aliphatic carbocycles. The summed E-state index contributed by atoms with van der Waals surface area (Å²) in [6.07, 6.45) is 0.583. The van der Waals surface area contributed by atoms with Gasteiger partial charge in [0.15, 0.2) is 11.6 Å². The fraction of sp³-hybridized carbons (Fsp3) is 0.250. The molecule has 3 N–H and O–H groups in total. The third kappa shape index (κ3) is 4.51. The van der Waals surface area contributed by atoms with E-state index in [0.717, 1.165) is 17.7 Å². The van der Waals surface area contributed by atoms with E-state index in [1.165, 1.54) is 6.07 Å². The van der Waals surface area contributed by atoms with Gasteiger partial charge in [0.1, 0.15) is 12.4 Å². The molecule has 21 heavy (non-hydrogen) atoms. The predicted molar refractivity (Wildman–Crippen MR) is 75.9 cm³/mol. The van der Waals surface area contributed by atoms with Gasteiger partial charge in [-0.3, -0.25) is 0 Å². The van der Waals surface area contributed by atoms with Crippen LogP contribution in [0.4, 0.5) is 8.78 Å². The topological polar surface area (TPSA) is 55.5 Å². The fourth-order valence-corrected chi connectivity index (χ4v) is 1.89. The Morgan fingerprint density at radius 1 is 1.00 bits per heavy atom. The maximum atomic E-state index is 13.1. The molecule has 1 atom stereocenters. The van der Waals surface area contributed by atoms with Crippen LogP contribution in [0.3, 0.4) is 0 Å². The van der Waals surface area contributed by atoms with Crippen molar-refractivity contribution in [3.8, 4) is 5.75 Å². The number of ether oxygens (including phenoxy) is 1. The molecular weight excluding hydrogens is 276 g/mol. The van der Waals surface area contributed by atoms with E-state index in [1.54, 1.807) is 12.1 Å². The molecule has 0 aliphatic heterocycles. The summed E-state index contributed by atoms with van der Waals surface area (Å²) >= 11 is 0. The molecule has 2 rings (SSSR count). The highest BCUT2D eigenvalue weighted by atomic mass is 19.2. The average molecular weight is 293 g/mol. The second kappa shape index (κ2) is 7.15. The largest absolute Gasteiger partial charge is 0.489 e. The first-order valence-corrected chi connectivity index (χ1v) is 6.60. The van der Waals surface area contributed by atoms with Gasteiger partial charge in [0, 0.05) is 6.04 Å². The minimum absolute atomic E-state index is 0.0611. The SMILES string of the molecule is N[C@H](CO)Cc1ccc(OCc2ccc(F)c(F)c2)cc1. The molecule has 2 aromatic carbocycles. The number of rotatable bonds is 6. The van der Waals surface area contributed by atoms with E-state index < -0.39 is 11.6 Å². The van der Waals surface area contributed by atoms with E-state index >= 15 is 0 Å². The molecule has 0 fully saturated rings. The van der Waals surface area contributed by atoms with Crippen LogP contribution in [0.1, 0.15) is 11.1 Å². The van der Waals surface area contributed by atoms with Crippen molar-refractivity contribution in [1.82, 2.24) is 0 Å². The van der Waals surface area contributed by atoms with Crippen LogP contribution in [0.15, 0.2) is 42.5 Å². The minimum atomic E-state index is -0.885. The summed E-state index contributed by atoms with van der Waals surface area (Å²) in [7, 11) is 0. The number of aliphatic hydroxyl groups excluding tert-OH is 1. The van der Waals surface area contributed by atoms with Gasteiger partial charge in [0.25, 0.3) is 0 Å². The van der Waals surface area contributed by atoms with E-state index in [2.05, 4.69) is 0 Å². The molecule has 0 saturated heterocycles. The van der Waals surface area contributed by atoms with Crippen LogP contribution >= 0.6 is 0 Å². The second-order valence-corrected chi connectivity index (χ2v) is 4.83. The van der Waals surface area contributed by atoms with E-state index in [1.807, 2.05) is 12.1 Å². The Bertz CT molecular complexity index is 587. The molecule has 0 amide bonds. The van der Waals surface area contributed by atoms with Crippen molar-refractivity contribution >= 4 is 0 Å². The Hall–Kier alpha value is -1.98. The van der Waals surface area contributed by atoms with Gasteiger partial charge in [0.2, 0.25) is 0 Å². The Balaban J connectivity index is 1.92. The number of hydrogen-bond donors (Lipinski definition) is 2. The quantitative estimate of drug-likeness (QED) is 0.860. The molecule has 0 aliphatic rings. The van der Waals surface area contributed by atoms with Crippen molar-refractivity contribution in [2.24, 2.45) is 5.73 Å². The molecule has 3 nitrogen and oxygen atoms in total. The molecule has 0 bridgehead atoms. The maximum absolute atomic E-state index is 13.1. The van der Waals surface area contributed by atoms with Crippen molar-refractivity contribution in [3.63, 3.8) is 0 Å². The maximum Gasteiger partial charge on any atom is 0.159 e. The highest BCUT2D eigenvalue weighted by Gasteiger charge is 2.05. The van der Waals surface area contributed by atoms with Crippen LogP contribution in [0.5, 0.6) is 5.75 Å². The molecule has 0 radical (unpaired) electrons. The summed E-state index contributed by atoms with van der Waals surface area (Å²) in [5.41, 5.74) is 7.21. The summed E-state index contributed by atoms with van der Waals surface area (Å²) in [5, 5.41) is 8.90. The van der Waals surface area contributed by atoms with E-state index in [-0.39, 0.29) is 19.3 Å². The first kappa shape index (κ1) is 15.4. The lowest BCUT2D eigenvalue weighted by Crippen LogP contribution is -2.26. The van der Waals surface area contributed by atoms with Crippen molar-refractivity contribution < 1.29 is 18.6 Å². The monoisotopic (exact) mass is 293 g/mol. The van der Waals surface area contributed by atoms with Crippen LogP contribution in [0.25, 0.3) is 0 Å². The lowest BCUT2D eigenvalue weighted by molar-refractivity contribution is 0.265. The highest BCUT2D eigenvalue weighted by Crippen LogP contribution is 2.16. The molecule has 0 unspecified atom stereocenters. The number of nitrogens with two attached hydrogens (primary N) is 1. The van der Waals surface area contributed by atoms with Gasteiger partial charge in [-0.1, -0.05) is 18.2 Å². The van der Waals surface area contributed by atoms with Crippen LogP contribution in [-0.2, 0) is 13.0 Å². The normalized spacial score (nSPS) is 12.2. The molecule has 0 heterocycles. The zero-order valence-electron chi connectivity index (χ0n) is 11.4. The van der Waals surface area contributed by atoms with Crippen molar-refractivity contribution in [2.75, 3.05) is 6.61 Å². The zero-order valence-corrected chi connectivity index (χ0v) is 11.4. The Morgan fingerprint density at radius 2 is 1.67 bits per heavy atom. The molecule has 2 aromatic rings. The van der Waals surface area contributed by atoms with E-state index in [9.17, 15) is 8.78 Å². The summed E-state index contributed by atoms with van der Waals surface area (Å²) in [5.74, 6) is -1.13. The van der Waals surface area contributed by atoms with Crippen molar-refractivity contribution in [2.45, 2.75) is 19.1 Å². The smallest absolute Gasteiger partial charge is 0.159 e. The van der Waals surface area contributed by atoms with Gasteiger partial charge >= 0.3 is 0 Å². The zero-order chi connectivity index (χ0) is 15.2. The lowest BCUT2D eigenvalue weighted by atomic mass is 10.1. The standard InChI is InChI=1S/C16H17F2NO2/c17-15-6-3-12(8-16(15)18)10-21-14-4-1-11(2-5-14)7-13(19)9-20/h1-6,8,13,20H,7,9-10,19H2/t13-/m0/s1. The number of benzene rings is 2. The lowest BCUT2D eigenvalue weighted by Gasteiger charge is -2.10. The molecule has 5 heteroatoms. The van der Waals surface area contributed by atoms with Crippen LogP contribution in [0, 0.1) is 11.6 Å². The summed E-state index contributed by atoms with van der Waals surface area (Å²) in [4.78, 5) is 0. The Morgan fingerprint density at radius 3 is 2.29 bits per heavy atom. The third-order valence-electron chi connectivity index (χ3n) is 3.05.